The van der Waals surface area contributed by atoms with E-state index in [0.717, 1.165) is 10.4 Å². The van der Waals surface area contributed by atoms with Crippen LogP contribution in [0.2, 0.25) is 0 Å². The smallest absolute Gasteiger partial charge is 0.348 e. The van der Waals surface area contributed by atoms with Gasteiger partial charge in [-0.05, 0) is 39.3 Å². The second-order valence-corrected chi connectivity index (χ2v) is 5.67. The molecule has 1 aromatic rings. The van der Waals surface area contributed by atoms with E-state index in [9.17, 15) is 4.79 Å². The van der Waals surface area contributed by atoms with Gasteiger partial charge in [0.25, 0.3) is 0 Å². The van der Waals surface area contributed by atoms with Crippen LogP contribution in [-0.4, -0.2) is 13.1 Å². The van der Waals surface area contributed by atoms with E-state index in [4.69, 9.17) is 4.74 Å². The lowest BCUT2D eigenvalue weighted by molar-refractivity contribution is 0.0605. The molecular formula is C15H22O2S. The normalized spacial score (nSPS) is 9.72. The Hall–Kier alpha value is -1.27. The molecule has 0 spiro atoms. The van der Waals surface area contributed by atoms with Gasteiger partial charge in [0.05, 0.1) is 12.0 Å². The molecule has 0 atom stereocenters. The molecule has 0 aliphatic heterocycles. The van der Waals surface area contributed by atoms with Gasteiger partial charge >= 0.3 is 5.97 Å². The molecule has 0 aliphatic carbocycles. The molecule has 18 heavy (non-hydrogen) atoms. The number of carbonyl (C=O) groups excluding carboxylic acids is 1. The molecule has 0 aliphatic rings. The SMILES string of the molecule is CC.COC(=O)c1sc(C#CC(C)(C)C)cc1C. The topological polar surface area (TPSA) is 26.3 Å². The molecule has 0 aromatic carbocycles. The molecular weight excluding hydrogens is 244 g/mol. The lowest BCUT2D eigenvalue weighted by Crippen LogP contribution is -1.99. The molecule has 1 rings (SSSR count). The van der Waals surface area contributed by atoms with Crippen molar-refractivity contribution in [3.63, 3.8) is 0 Å². The Labute approximate surface area is 114 Å². The highest BCUT2D eigenvalue weighted by Gasteiger charge is 2.13. The Morgan fingerprint density at radius 1 is 1.33 bits per heavy atom. The van der Waals surface area contributed by atoms with E-state index in [-0.39, 0.29) is 11.4 Å². The van der Waals surface area contributed by atoms with Gasteiger partial charge in [0.1, 0.15) is 4.88 Å². The van der Waals surface area contributed by atoms with Gasteiger partial charge in [0.15, 0.2) is 0 Å². The molecule has 3 heteroatoms. The first-order chi connectivity index (χ1) is 8.33. The van der Waals surface area contributed by atoms with Gasteiger partial charge in [-0.3, -0.25) is 0 Å². The number of rotatable bonds is 1. The van der Waals surface area contributed by atoms with E-state index < -0.39 is 0 Å². The van der Waals surface area contributed by atoms with Crippen molar-refractivity contribution in [2.45, 2.75) is 41.5 Å². The average Bonchev–Trinajstić information content (AvgIpc) is 2.69. The van der Waals surface area contributed by atoms with Crippen molar-refractivity contribution < 1.29 is 9.53 Å². The number of ether oxygens (including phenoxy) is 1. The molecule has 0 amide bonds. The van der Waals surface area contributed by atoms with E-state index in [2.05, 4.69) is 32.6 Å². The maximum Gasteiger partial charge on any atom is 0.348 e. The Bertz CT molecular complexity index is 453. The summed E-state index contributed by atoms with van der Waals surface area (Å²) in [6.07, 6.45) is 0. The van der Waals surface area contributed by atoms with Gasteiger partial charge in [-0.2, -0.15) is 0 Å². The highest BCUT2D eigenvalue weighted by atomic mass is 32.1. The van der Waals surface area contributed by atoms with Crippen molar-refractivity contribution in [2.75, 3.05) is 7.11 Å². The monoisotopic (exact) mass is 266 g/mol. The van der Waals surface area contributed by atoms with Crippen molar-refractivity contribution in [1.29, 1.82) is 0 Å². The van der Waals surface area contributed by atoms with Crippen LogP contribution in [0.3, 0.4) is 0 Å². The Morgan fingerprint density at radius 3 is 2.33 bits per heavy atom. The van der Waals surface area contributed by atoms with Crippen molar-refractivity contribution in [3.8, 4) is 11.8 Å². The molecule has 1 heterocycles. The number of hydrogen-bond donors (Lipinski definition) is 0. The van der Waals surface area contributed by atoms with Crippen LogP contribution in [0.4, 0.5) is 0 Å². The Balaban J connectivity index is 0.00000137. The maximum absolute atomic E-state index is 11.4. The molecule has 2 nitrogen and oxygen atoms in total. The molecule has 0 saturated heterocycles. The minimum atomic E-state index is -0.286. The van der Waals surface area contributed by atoms with Crippen LogP contribution in [0, 0.1) is 24.2 Å². The first kappa shape index (κ1) is 16.7. The summed E-state index contributed by atoms with van der Waals surface area (Å²) in [5.41, 5.74) is 0.901. The summed E-state index contributed by atoms with van der Waals surface area (Å²) in [4.78, 5) is 12.9. The molecule has 100 valence electrons. The first-order valence-electron chi connectivity index (χ1n) is 6.05. The second kappa shape index (κ2) is 7.23. The zero-order chi connectivity index (χ0) is 14.3. The summed E-state index contributed by atoms with van der Waals surface area (Å²) in [6, 6.07) is 1.93. The summed E-state index contributed by atoms with van der Waals surface area (Å²) < 4.78 is 4.70. The Kier molecular flexibility index (Phi) is 6.72. The third kappa shape index (κ3) is 5.37. The van der Waals surface area contributed by atoms with E-state index in [1.54, 1.807) is 0 Å². The third-order valence-electron chi connectivity index (χ3n) is 1.85. The highest BCUT2D eigenvalue weighted by Crippen LogP contribution is 2.22. The number of aryl methyl sites for hydroxylation is 1. The number of esters is 1. The summed E-state index contributed by atoms with van der Waals surface area (Å²) in [6.45, 7) is 12.1. The van der Waals surface area contributed by atoms with Crippen LogP contribution in [0.1, 0.15) is 54.7 Å². The molecule has 1 aromatic heterocycles. The fourth-order valence-corrected chi connectivity index (χ4v) is 2.03. The van der Waals surface area contributed by atoms with Gasteiger partial charge < -0.3 is 4.74 Å². The van der Waals surface area contributed by atoms with Crippen LogP contribution in [0.15, 0.2) is 6.07 Å². The number of methoxy groups -OCH3 is 1. The summed E-state index contributed by atoms with van der Waals surface area (Å²) in [5.74, 6) is 5.94. The van der Waals surface area contributed by atoms with Crippen LogP contribution in [0.25, 0.3) is 0 Å². The molecule has 0 radical (unpaired) electrons. The molecule has 0 N–H and O–H groups in total. The maximum atomic E-state index is 11.4. The minimum absolute atomic E-state index is 0.0245. The number of carbonyl (C=O) groups is 1. The predicted octanol–water partition coefficient (Wildman–Crippen LogP) is 4.27. The molecule has 0 bridgehead atoms. The zero-order valence-corrected chi connectivity index (χ0v) is 13.1. The number of thiophene rings is 1. The lowest BCUT2D eigenvalue weighted by atomic mass is 9.98. The standard InChI is InChI=1S/C13H16O2S.C2H6/c1-9-8-10(6-7-13(2,3)4)16-11(9)12(14)15-5;1-2/h8H,1-5H3;1-2H3. The quantitative estimate of drug-likeness (QED) is 0.560. The van der Waals surface area contributed by atoms with Crippen molar-refractivity contribution in [3.05, 3.63) is 21.4 Å². The fourth-order valence-electron chi connectivity index (χ4n) is 1.09. The summed E-state index contributed by atoms with van der Waals surface area (Å²) in [5, 5.41) is 0. The van der Waals surface area contributed by atoms with Gasteiger partial charge in [-0.1, -0.05) is 25.7 Å². The fraction of sp³-hybridized carbons (Fsp3) is 0.533. The van der Waals surface area contributed by atoms with Crippen molar-refractivity contribution in [2.24, 2.45) is 5.41 Å². The van der Waals surface area contributed by atoms with E-state index in [1.165, 1.54) is 18.4 Å². The largest absolute Gasteiger partial charge is 0.465 e. The molecule has 0 fully saturated rings. The van der Waals surface area contributed by atoms with Gasteiger partial charge in [0.2, 0.25) is 0 Å². The van der Waals surface area contributed by atoms with Crippen LogP contribution >= 0.6 is 11.3 Å². The van der Waals surface area contributed by atoms with Crippen LogP contribution in [0.5, 0.6) is 0 Å². The van der Waals surface area contributed by atoms with E-state index >= 15 is 0 Å². The van der Waals surface area contributed by atoms with E-state index in [0.29, 0.717) is 4.88 Å². The lowest BCUT2D eigenvalue weighted by Gasteiger charge is -2.06. The van der Waals surface area contributed by atoms with Crippen molar-refractivity contribution in [1.82, 2.24) is 0 Å². The predicted molar refractivity (Wildman–Crippen MR) is 78.1 cm³/mol. The minimum Gasteiger partial charge on any atom is -0.465 e. The second-order valence-electron chi connectivity index (χ2n) is 4.61. The highest BCUT2D eigenvalue weighted by molar-refractivity contribution is 7.14. The van der Waals surface area contributed by atoms with Crippen LogP contribution < -0.4 is 0 Å². The third-order valence-corrected chi connectivity index (χ3v) is 2.98. The average molecular weight is 266 g/mol. The molecule has 0 unspecified atom stereocenters. The zero-order valence-electron chi connectivity index (χ0n) is 12.3. The van der Waals surface area contributed by atoms with Gasteiger partial charge in [0, 0.05) is 5.41 Å². The molecule has 0 saturated carbocycles. The number of hydrogen-bond acceptors (Lipinski definition) is 3. The summed E-state index contributed by atoms with van der Waals surface area (Å²) >= 11 is 1.38. The van der Waals surface area contributed by atoms with E-state index in [1.807, 2.05) is 26.8 Å². The summed E-state index contributed by atoms with van der Waals surface area (Å²) in [7, 11) is 1.39. The first-order valence-corrected chi connectivity index (χ1v) is 6.87. The van der Waals surface area contributed by atoms with Crippen LogP contribution in [-0.2, 0) is 4.74 Å². The van der Waals surface area contributed by atoms with Crippen molar-refractivity contribution >= 4 is 17.3 Å². The van der Waals surface area contributed by atoms with Gasteiger partial charge in [-0.15, -0.1) is 11.3 Å². The Morgan fingerprint density at radius 2 is 1.89 bits per heavy atom. The van der Waals surface area contributed by atoms with Gasteiger partial charge in [-0.25, -0.2) is 4.79 Å².